The van der Waals surface area contributed by atoms with Gasteiger partial charge in [0.15, 0.2) is 0 Å². The van der Waals surface area contributed by atoms with E-state index >= 15 is 0 Å². The Balaban J connectivity index is 1.78. The summed E-state index contributed by atoms with van der Waals surface area (Å²) in [6.07, 6.45) is 1.00. The van der Waals surface area contributed by atoms with Gasteiger partial charge in [0, 0.05) is 18.1 Å². The number of hydrogen-bond donors (Lipinski definition) is 1. The smallest absolute Gasteiger partial charge is 0.303 e. The second-order valence-corrected chi connectivity index (χ2v) is 10.8. The van der Waals surface area contributed by atoms with Gasteiger partial charge >= 0.3 is 5.97 Å². The first-order valence-corrected chi connectivity index (χ1v) is 13.2. The monoisotopic (exact) mass is 545 g/mol. The van der Waals surface area contributed by atoms with Crippen molar-refractivity contribution in [1.82, 2.24) is 0 Å². The van der Waals surface area contributed by atoms with E-state index in [4.69, 9.17) is 26.2 Å². The summed E-state index contributed by atoms with van der Waals surface area (Å²) in [4.78, 5) is 11.1. The average molecular weight is 546 g/mol. The van der Waals surface area contributed by atoms with Crippen LogP contribution >= 0.6 is 11.6 Å². The maximum Gasteiger partial charge on any atom is 0.303 e. The van der Waals surface area contributed by atoms with Gasteiger partial charge in [-0.1, -0.05) is 35.9 Å². The molecule has 3 aromatic rings. The second kappa shape index (κ2) is 10.8. The fourth-order valence-electron chi connectivity index (χ4n) is 4.17. The molecule has 194 valence electrons. The number of halogens is 2. The first-order valence-electron chi connectivity index (χ1n) is 11.4. The Morgan fingerprint density at radius 1 is 1.22 bits per heavy atom. The molecule has 37 heavy (non-hydrogen) atoms. The van der Waals surface area contributed by atoms with Crippen molar-refractivity contribution in [2.24, 2.45) is 0 Å². The lowest BCUT2D eigenvalue weighted by molar-refractivity contribution is -0.137. The molecule has 10 heteroatoms. The lowest BCUT2D eigenvalue weighted by Crippen LogP contribution is -2.43. The molecule has 1 N–H and O–H groups in total. The Labute approximate surface area is 219 Å². The van der Waals surface area contributed by atoms with Gasteiger partial charge in [-0.25, -0.2) is 12.8 Å². The summed E-state index contributed by atoms with van der Waals surface area (Å²) < 4.78 is 54.3. The predicted octanol–water partition coefficient (Wildman–Crippen LogP) is 5.87. The van der Waals surface area contributed by atoms with Crippen molar-refractivity contribution in [3.8, 4) is 11.5 Å². The fraction of sp³-hybridized carbons (Fsp3) is 0.222. The molecule has 4 rings (SSSR count). The maximum atomic E-state index is 14.4. The summed E-state index contributed by atoms with van der Waals surface area (Å²) in [6, 6.07) is 15.5. The first kappa shape index (κ1) is 26.5. The van der Waals surface area contributed by atoms with Gasteiger partial charge in [-0.2, -0.15) is 0 Å². The van der Waals surface area contributed by atoms with Crippen LogP contribution in [0.25, 0.3) is 11.6 Å². The quantitative estimate of drug-likeness (QED) is 0.356. The predicted molar refractivity (Wildman–Crippen MR) is 140 cm³/mol. The number of aliphatic carboxylic acids is 1. The zero-order valence-corrected chi connectivity index (χ0v) is 21.7. The third-order valence-electron chi connectivity index (χ3n) is 5.96. The molecule has 0 amide bonds. The van der Waals surface area contributed by atoms with E-state index in [1.165, 1.54) is 35.7 Å². The number of carboxylic acids is 1. The number of ether oxygens (including phenoxy) is 2. The highest BCUT2D eigenvalue weighted by Crippen LogP contribution is 2.40. The second-order valence-electron chi connectivity index (χ2n) is 8.54. The summed E-state index contributed by atoms with van der Waals surface area (Å²) in [7, 11) is -2.62. The van der Waals surface area contributed by atoms with Crippen molar-refractivity contribution in [1.29, 1.82) is 0 Å². The highest BCUT2D eigenvalue weighted by molar-refractivity contribution is 7.92. The number of hydrogen-bond acceptors (Lipinski definition) is 5. The molecular formula is C27H25ClFNO6S. The van der Waals surface area contributed by atoms with Crippen LogP contribution in [0.2, 0.25) is 5.02 Å². The van der Waals surface area contributed by atoms with E-state index in [9.17, 15) is 17.6 Å². The Bertz CT molecular complexity index is 1450. The topological polar surface area (TPSA) is 93.1 Å². The van der Waals surface area contributed by atoms with Crippen LogP contribution in [0.5, 0.6) is 11.5 Å². The molecule has 1 aliphatic heterocycles. The Kier molecular flexibility index (Phi) is 7.75. The van der Waals surface area contributed by atoms with Crippen LogP contribution in [0.4, 0.5) is 10.1 Å². The first-order chi connectivity index (χ1) is 17.6. The molecule has 1 heterocycles. The SMILES string of the molecule is COc1cccc(S(=O)(=O)N2CC(CCC(=O)O)Oc3ccc(C=C(C)c4c(F)cccc4Cl)cc32)c1. The Hall–Kier alpha value is -3.56. The molecule has 0 bridgehead atoms. The number of carbonyl (C=O) groups is 1. The summed E-state index contributed by atoms with van der Waals surface area (Å²) in [5, 5.41) is 9.37. The molecule has 0 radical (unpaired) electrons. The van der Waals surface area contributed by atoms with Crippen molar-refractivity contribution < 1.29 is 32.2 Å². The number of sulfonamides is 1. The molecule has 0 aliphatic carbocycles. The summed E-state index contributed by atoms with van der Waals surface area (Å²) >= 11 is 6.21. The van der Waals surface area contributed by atoms with Crippen LogP contribution in [-0.2, 0) is 14.8 Å². The molecule has 0 aromatic heterocycles. The van der Waals surface area contributed by atoms with Crippen LogP contribution in [0.15, 0.2) is 65.6 Å². The van der Waals surface area contributed by atoms with Crippen LogP contribution in [0.3, 0.4) is 0 Å². The van der Waals surface area contributed by atoms with Gasteiger partial charge in [-0.15, -0.1) is 0 Å². The number of fused-ring (bicyclic) bond motifs is 1. The Morgan fingerprint density at radius 2 is 1.97 bits per heavy atom. The van der Waals surface area contributed by atoms with E-state index in [0.29, 0.717) is 22.6 Å². The lowest BCUT2D eigenvalue weighted by Gasteiger charge is -2.35. The highest BCUT2D eigenvalue weighted by Gasteiger charge is 2.35. The molecular weight excluding hydrogens is 521 g/mol. The lowest BCUT2D eigenvalue weighted by atomic mass is 10.0. The number of nitrogens with zero attached hydrogens (tertiary/aromatic N) is 1. The van der Waals surface area contributed by atoms with Crippen LogP contribution in [-0.4, -0.2) is 39.3 Å². The maximum absolute atomic E-state index is 14.4. The number of methoxy groups -OCH3 is 1. The molecule has 0 saturated carbocycles. The van der Waals surface area contributed by atoms with E-state index in [-0.39, 0.29) is 40.6 Å². The van der Waals surface area contributed by atoms with E-state index in [1.54, 1.807) is 49.4 Å². The van der Waals surface area contributed by atoms with E-state index in [1.807, 2.05) is 0 Å². The molecule has 7 nitrogen and oxygen atoms in total. The van der Waals surface area contributed by atoms with Gasteiger partial charge in [-0.05, 0) is 60.9 Å². The molecule has 0 fully saturated rings. The molecule has 1 atom stereocenters. The highest BCUT2D eigenvalue weighted by atomic mass is 35.5. The summed E-state index contributed by atoms with van der Waals surface area (Å²) in [5.74, 6) is -0.789. The number of rotatable bonds is 8. The Morgan fingerprint density at radius 3 is 2.68 bits per heavy atom. The summed E-state index contributed by atoms with van der Waals surface area (Å²) in [6.45, 7) is 1.64. The number of carboxylic acid groups (broad SMARTS) is 1. The minimum absolute atomic E-state index is 0.0203. The van der Waals surface area contributed by atoms with Crippen molar-refractivity contribution >= 4 is 44.9 Å². The fourth-order valence-corrected chi connectivity index (χ4v) is 6.01. The van der Waals surface area contributed by atoms with Crippen molar-refractivity contribution in [3.63, 3.8) is 0 Å². The molecule has 0 saturated heterocycles. The standard InChI is InChI=1S/C27H25ClFNO6S/c1-17(27-22(28)7-4-8-23(27)29)13-18-9-11-25-24(14-18)30(16-20(36-25)10-12-26(31)32)37(33,34)21-6-3-5-19(15-21)35-2/h3-9,11,13-15,20H,10,12,16H2,1-2H3,(H,31,32). The molecule has 1 unspecified atom stereocenters. The van der Waals surface area contributed by atoms with Gasteiger partial charge in [0.25, 0.3) is 10.0 Å². The zero-order chi connectivity index (χ0) is 26.7. The van der Waals surface area contributed by atoms with E-state index in [2.05, 4.69) is 0 Å². The van der Waals surface area contributed by atoms with Gasteiger partial charge in [0.1, 0.15) is 23.4 Å². The average Bonchev–Trinajstić information content (AvgIpc) is 2.87. The zero-order valence-electron chi connectivity index (χ0n) is 20.1. The largest absolute Gasteiger partial charge is 0.497 e. The third-order valence-corrected chi connectivity index (χ3v) is 8.06. The minimum atomic E-state index is -4.07. The van der Waals surface area contributed by atoms with Crippen LogP contribution in [0.1, 0.15) is 30.9 Å². The normalized spacial score (nSPS) is 15.6. The van der Waals surface area contributed by atoms with Gasteiger partial charge in [0.05, 0.1) is 29.3 Å². The van der Waals surface area contributed by atoms with Crippen LogP contribution < -0.4 is 13.8 Å². The van der Waals surface area contributed by atoms with Crippen molar-refractivity contribution in [3.05, 3.63) is 82.6 Å². The van der Waals surface area contributed by atoms with Gasteiger partial charge < -0.3 is 14.6 Å². The molecule has 3 aromatic carbocycles. The number of allylic oxidation sites excluding steroid dienone is 1. The molecule has 0 spiro atoms. The number of anilines is 1. The van der Waals surface area contributed by atoms with Crippen molar-refractivity contribution in [2.75, 3.05) is 18.0 Å². The van der Waals surface area contributed by atoms with Gasteiger partial charge in [-0.3, -0.25) is 9.10 Å². The van der Waals surface area contributed by atoms with Crippen molar-refractivity contribution in [2.45, 2.75) is 30.8 Å². The molecule has 1 aliphatic rings. The van der Waals surface area contributed by atoms with Crippen LogP contribution in [0, 0.1) is 5.82 Å². The minimum Gasteiger partial charge on any atom is -0.497 e. The van der Waals surface area contributed by atoms with E-state index in [0.717, 1.165) is 0 Å². The van der Waals surface area contributed by atoms with Gasteiger partial charge in [0.2, 0.25) is 0 Å². The number of benzene rings is 3. The van der Waals surface area contributed by atoms with E-state index < -0.39 is 27.9 Å². The third kappa shape index (κ3) is 5.73. The summed E-state index contributed by atoms with van der Waals surface area (Å²) in [5.41, 5.74) is 1.71.